The first-order valence-corrected chi connectivity index (χ1v) is 7.67. The van der Waals surface area contributed by atoms with Crippen LogP contribution in [0, 0.1) is 6.92 Å². The van der Waals surface area contributed by atoms with Crippen LogP contribution in [0.4, 0.5) is 5.82 Å². The molecule has 0 spiro atoms. The van der Waals surface area contributed by atoms with E-state index in [1.165, 1.54) is 0 Å². The number of hydrogen-bond donors (Lipinski definition) is 2. The molecule has 5 nitrogen and oxygen atoms in total. The summed E-state index contributed by atoms with van der Waals surface area (Å²) in [6.07, 6.45) is 3.07. The van der Waals surface area contributed by atoms with Gasteiger partial charge in [-0.05, 0) is 45.2 Å². The summed E-state index contributed by atoms with van der Waals surface area (Å²) in [5.41, 5.74) is 1.26. The molecule has 1 atom stereocenters. The lowest BCUT2D eigenvalue weighted by molar-refractivity contribution is 0.0206. The van der Waals surface area contributed by atoms with Gasteiger partial charge in [0, 0.05) is 31.0 Å². The number of amides is 1. The van der Waals surface area contributed by atoms with Gasteiger partial charge in [0.25, 0.3) is 5.91 Å². The van der Waals surface area contributed by atoms with Gasteiger partial charge in [0.2, 0.25) is 0 Å². The van der Waals surface area contributed by atoms with Crippen LogP contribution >= 0.6 is 0 Å². The number of ether oxygens (including phenoxy) is 1. The number of anilines is 1. The Hall–Kier alpha value is -1.62. The fourth-order valence-corrected chi connectivity index (χ4v) is 2.49. The molecular weight excluding hydrogens is 266 g/mol. The SMILES string of the molecule is CCCNc1cc(C(=O)NCC2(C)CCCO2)cc(C)n1. The zero-order chi connectivity index (χ0) is 15.3. The molecule has 2 N–H and O–H groups in total. The molecular formula is C16H25N3O2. The molecule has 1 saturated heterocycles. The van der Waals surface area contributed by atoms with Crippen molar-refractivity contribution < 1.29 is 9.53 Å². The van der Waals surface area contributed by atoms with Gasteiger partial charge in [-0.3, -0.25) is 4.79 Å². The highest BCUT2D eigenvalue weighted by atomic mass is 16.5. The van der Waals surface area contributed by atoms with Crippen LogP contribution in [0.15, 0.2) is 12.1 Å². The molecule has 1 aliphatic heterocycles. The molecule has 1 fully saturated rings. The van der Waals surface area contributed by atoms with Crippen LogP contribution in [-0.4, -0.2) is 36.2 Å². The van der Waals surface area contributed by atoms with Crippen LogP contribution < -0.4 is 10.6 Å². The zero-order valence-corrected chi connectivity index (χ0v) is 13.2. The summed E-state index contributed by atoms with van der Waals surface area (Å²) in [6, 6.07) is 3.61. The third-order valence-corrected chi connectivity index (χ3v) is 3.70. The van der Waals surface area contributed by atoms with E-state index < -0.39 is 0 Å². The Labute approximate surface area is 126 Å². The maximum absolute atomic E-state index is 12.3. The number of nitrogens with zero attached hydrogens (tertiary/aromatic N) is 1. The van der Waals surface area contributed by atoms with Gasteiger partial charge in [-0.1, -0.05) is 6.92 Å². The monoisotopic (exact) mass is 291 g/mol. The average Bonchev–Trinajstić information content (AvgIpc) is 2.89. The third-order valence-electron chi connectivity index (χ3n) is 3.70. The van der Waals surface area contributed by atoms with Crippen molar-refractivity contribution in [3.8, 4) is 0 Å². The minimum atomic E-state index is -0.221. The lowest BCUT2D eigenvalue weighted by atomic mass is 10.0. The Bertz CT molecular complexity index is 496. The van der Waals surface area contributed by atoms with Gasteiger partial charge in [0.1, 0.15) is 5.82 Å². The minimum absolute atomic E-state index is 0.0724. The Morgan fingerprint density at radius 2 is 2.29 bits per heavy atom. The molecule has 1 amide bonds. The van der Waals surface area contributed by atoms with Gasteiger partial charge in [0.05, 0.1) is 5.60 Å². The maximum Gasteiger partial charge on any atom is 0.251 e. The molecule has 1 aromatic rings. The standard InChI is InChI=1S/C16H25N3O2/c1-4-7-17-14-10-13(9-12(2)19-14)15(20)18-11-16(3)6-5-8-21-16/h9-10H,4-8,11H2,1-3H3,(H,17,19)(H,18,20). The summed E-state index contributed by atoms with van der Waals surface area (Å²) in [4.78, 5) is 16.7. The molecule has 0 bridgehead atoms. The third kappa shape index (κ3) is 4.43. The van der Waals surface area contributed by atoms with Gasteiger partial charge in [0.15, 0.2) is 0 Å². The number of aromatic nitrogens is 1. The van der Waals surface area contributed by atoms with Gasteiger partial charge in [-0.15, -0.1) is 0 Å². The number of carbonyl (C=O) groups is 1. The molecule has 2 heterocycles. The molecule has 21 heavy (non-hydrogen) atoms. The van der Waals surface area contributed by atoms with Crippen molar-refractivity contribution >= 4 is 11.7 Å². The highest BCUT2D eigenvalue weighted by Gasteiger charge is 2.30. The van der Waals surface area contributed by atoms with Crippen LogP contribution in [0.1, 0.15) is 49.2 Å². The number of nitrogens with one attached hydrogen (secondary N) is 2. The summed E-state index contributed by atoms with van der Waals surface area (Å²) >= 11 is 0. The maximum atomic E-state index is 12.3. The second-order valence-electron chi connectivity index (χ2n) is 5.89. The van der Waals surface area contributed by atoms with E-state index in [0.29, 0.717) is 12.1 Å². The molecule has 2 rings (SSSR count). The normalized spacial score (nSPS) is 21.3. The molecule has 5 heteroatoms. The lowest BCUT2D eigenvalue weighted by Gasteiger charge is -2.23. The second-order valence-corrected chi connectivity index (χ2v) is 5.89. The molecule has 1 unspecified atom stereocenters. The fraction of sp³-hybridized carbons (Fsp3) is 0.625. The first kappa shape index (κ1) is 15.8. The minimum Gasteiger partial charge on any atom is -0.373 e. The summed E-state index contributed by atoms with van der Waals surface area (Å²) in [5.74, 6) is 0.683. The van der Waals surface area contributed by atoms with Crippen molar-refractivity contribution in [1.29, 1.82) is 0 Å². The summed E-state index contributed by atoms with van der Waals surface area (Å²) in [6.45, 7) is 8.22. The van der Waals surface area contributed by atoms with E-state index in [-0.39, 0.29) is 11.5 Å². The lowest BCUT2D eigenvalue weighted by Crippen LogP contribution is -2.40. The fourth-order valence-electron chi connectivity index (χ4n) is 2.49. The Morgan fingerprint density at radius 3 is 2.95 bits per heavy atom. The number of hydrogen-bond acceptors (Lipinski definition) is 4. The molecule has 1 aliphatic rings. The van der Waals surface area contributed by atoms with Crippen molar-refractivity contribution in [2.45, 2.75) is 45.6 Å². The first-order valence-electron chi connectivity index (χ1n) is 7.67. The number of rotatable bonds is 6. The number of carbonyl (C=O) groups excluding carboxylic acids is 1. The van der Waals surface area contributed by atoms with Gasteiger partial charge < -0.3 is 15.4 Å². The van der Waals surface area contributed by atoms with Crippen molar-refractivity contribution in [1.82, 2.24) is 10.3 Å². The highest BCUT2D eigenvalue weighted by Crippen LogP contribution is 2.24. The van der Waals surface area contributed by atoms with Crippen LogP contribution in [-0.2, 0) is 4.74 Å². The van der Waals surface area contributed by atoms with Crippen LogP contribution in [0.3, 0.4) is 0 Å². The Balaban J connectivity index is 1.99. The Morgan fingerprint density at radius 1 is 1.48 bits per heavy atom. The zero-order valence-electron chi connectivity index (χ0n) is 13.2. The topological polar surface area (TPSA) is 63.2 Å². The average molecular weight is 291 g/mol. The van der Waals surface area contributed by atoms with Gasteiger partial charge >= 0.3 is 0 Å². The van der Waals surface area contributed by atoms with Crippen LogP contribution in [0.2, 0.25) is 0 Å². The summed E-state index contributed by atoms with van der Waals surface area (Å²) in [7, 11) is 0. The molecule has 0 radical (unpaired) electrons. The largest absolute Gasteiger partial charge is 0.373 e. The first-order chi connectivity index (χ1) is 10.0. The molecule has 1 aromatic heterocycles. The van der Waals surface area contributed by atoms with E-state index in [2.05, 4.69) is 22.5 Å². The predicted octanol–water partition coefficient (Wildman–Crippen LogP) is 2.51. The van der Waals surface area contributed by atoms with Crippen molar-refractivity contribution in [3.05, 3.63) is 23.4 Å². The van der Waals surface area contributed by atoms with E-state index in [9.17, 15) is 4.79 Å². The quantitative estimate of drug-likeness (QED) is 0.845. The number of pyridine rings is 1. The van der Waals surface area contributed by atoms with Crippen molar-refractivity contribution in [2.24, 2.45) is 0 Å². The van der Waals surface area contributed by atoms with Gasteiger partial charge in [-0.2, -0.15) is 0 Å². The highest BCUT2D eigenvalue weighted by molar-refractivity contribution is 5.95. The molecule has 116 valence electrons. The predicted molar refractivity (Wildman–Crippen MR) is 83.7 cm³/mol. The summed E-state index contributed by atoms with van der Waals surface area (Å²) < 4.78 is 5.69. The Kier molecular flexibility index (Phi) is 5.17. The van der Waals surface area contributed by atoms with Crippen molar-refractivity contribution in [3.63, 3.8) is 0 Å². The van der Waals surface area contributed by atoms with Crippen LogP contribution in [0.25, 0.3) is 0 Å². The van der Waals surface area contributed by atoms with E-state index in [4.69, 9.17) is 4.74 Å². The van der Waals surface area contributed by atoms with Gasteiger partial charge in [-0.25, -0.2) is 4.98 Å². The van der Waals surface area contributed by atoms with Crippen molar-refractivity contribution in [2.75, 3.05) is 25.0 Å². The van der Waals surface area contributed by atoms with Crippen LogP contribution in [0.5, 0.6) is 0 Å². The molecule has 0 aromatic carbocycles. The van der Waals surface area contributed by atoms with E-state index in [1.54, 1.807) is 6.07 Å². The second kappa shape index (κ2) is 6.89. The number of aryl methyl sites for hydroxylation is 1. The smallest absolute Gasteiger partial charge is 0.251 e. The molecule has 0 aliphatic carbocycles. The summed E-state index contributed by atoms with van der Waals surface area (Å²) in [5, 5.41) is 6.19. The van der Waals surface area contributed by atoms with E-state index >= 15 is 0 Å². The van der Waals surface area contributed by atoms with E-state index in [1.807, 2.05) is 19.9 Å². The van der Waals surface area contributed by atoms with E-state index in [0.717, 1.165) is 43.9 Å². The molecule has 0 saturated carbocycles.